The molecule has 0 unspecified atom stereocenters. The van der Waals surface area contributed by atoms with Crippen LogP contribution < -0.4 is 14.5 Å². The number of ether oxygens (including phenoxy) is 1. The number of anilines is 4. The molecule has 68 heavy (non-hydrogen) atoms. The van der Waals surface area contributed by atoms with E-state index in [9.17, 15) is 0 Å². The second-order valence-electron chi connectivity index (χ2n) is 20.6. The van der Waals surface area contributed by atoms with E-state index in [0.717, 1.165) is 78.9 Å². The summed E-state index contributed by atoms with van der Waals surface area (Å²) in [6.45, 7) is 16.6. The highest BCUT2D eigenvalue weighted by molar-refractivity contribution is 6.10. The lowest BCUT2D eigenvalue weighted by Gasteiger charge is -2.28. The van der Waals surface area contributed by atoms with E-state index < -0.39 is 0 Å². The van der Waals surface area contributed by atoms with Crippen molar-refractivity contribution in [2.45, 2.75) is 59.3 Å². The number of hydrogen-bond donors (Lipinski definition) is 0. The van der Waals surface area contributed by atoms with Crippen molar-refractivity contribution < 1.29 is 4.74 Å². The van der Waals surface area contributed by atoms with Crippen LogP contribution in [0.25, 0.3) is 72.3 Å². The number of nitrogens with zero attached hydrogens (tertiary/aromatic N) is 4. The van der Waals surface area contributed by atoms with Gasteiger partial charge < -0.3 is 14.5 Å². The van der Waals surface area contributed by atoms with Gasteiger partial charge in [0.1, 0.15) is 24.0 Å². The molecule has 8 aromatic carbocycles. The molecule has 5 heteroatoms. The van der Waals surface area contributed by atoms with E-state index in [-0.39, 0.29) is 10.8 Å². The molecule has 0 N–H and O–H groups in total. The molecule has 0 saturated heterocycles. The predicted octanol–water partition coefficient (Wildman–Crippen LogP) is 17.1. The third-order valence-electron chi connectivity index (χ3n) is 13.9. The van der Waals surface area contributed by atoms with E-state index >= 15 is 0 Å². The molecule has 0 saturated carbocycles. The fourth-order valence-electron chi connectivity index (χ4n) is 10.3. The molecule has 4 heterocycles. The second-order valence-corrected chi connectivity index (χ2v) is 20.6. The first-order valence-corrected chi connectivity index (χ1v) is 23.8. The smallest absolute Gasteiger partial charge is 0.138 e. The number of rotatable bonds is 1. The lowest BCUT2D eigenvalue weighted by atomic mass is 9.82. The van der Waals surface area contributed by atoms with Gasteiger partial charge in [-0.1, -0.05) is 150 Å². The minimum atomic E-state index is -0.159. The number of aryl methyl sites for hydroxylation is 1. The normalized spacial score (nSPS) is 13.2. The maximum atomic E-state index is 6.90. The molecule has 0 fully saturated rings. The van der Waals surface area contributed by atoms with Crippen molar-refractivity contribution in [2.75, 3.05) is 16.5 Å². The molecule has 2 aromatic heterocycles. The van der Waals surface area contributed by atoms with E-state index in [4.69, 9.17) is 9.72 Å². The monoisotopic (exact) mass is 882 g/mol. The molecule has 2 aliphatic heterocycles. The van der Waals surface area contributed by atoms with Crippen LogP contribution in [0.1, 0.15) is 58.2 Å². The second kappa shape index (κ2) is 15.6. The predicted molar refractivity (Wildman–Crippen MR) is 285 cm³/mol. The summed E-state index contributed by atoms with van der Waals surface area (Å²) in [5.74, 6) is 2.41. The standard InChI is InChI=1S/C63H54N4O/c1-40-27-30-56-54(31-40)52-29-28-48-38-59(52)67(56)60-36-45(63(5,6)7)35-55(64-60)43-32-42(33-44(34-43)62(2,3)4)49-21-11-12-22-51(49)53-24-16-23-50(41-17-9-8-10-18-41)61(53)66-39-65(57-25-13-14-26-58(57)66)46-19-15-20-47(37-46)68-48/h8-38H,39H2,1-7H3. The molecule has 0 spiro atoms. The quantitative estimate of drug-likeness (QED) is 0.164. The van der Waals surface area contributed by atoms with Crippen molar-refractivity contribution in [3.8, 4) is 62.0 Å². The summed E-state index contributed by atoms with van der Waals surface area (Å²) in [5.41, 5.74) is 19.1. The van der Waals surface area contributed by atoms with Crippen molar-refractivity contribution in [1.82, 2.24) is 9.55 Å². The summed E-state index contributed by atoms with van der Waals surface area (Å²) >= 11 is 0. The highest BCUT2D eigenvalue weighted by atomic mass is 16.5. The van der Waals surface area contributed by atoms with Crippen LogP contribution in [0.4, 0.5) is 22.7 Å². The molecule has 0 radical (unpaired) electrons. The molecular formula is C63H54N4O. The van der Waals surface area contributed by atoms with Crippen LogP contribution in [-0.2, 0) is 10.8 Å². The zero-order valence-corrected chi connectivity index (χ0v) is 39.8. The Morgan fingerprint density at radius 3 is 1.91 bits per heavy atom. The third kappa shape index (κ3) is 7.04. The van der Waals surface area contributed by atoms with Gasteiger partial charge in [-0.05, 0) is 124 Å². The van der Waals surface area contributed by atoms with Gasteiger partial charge in [-0.25, -0.2) is 4.98 Å². The number of hydrogen-bond acceptors (Lipinski definition) is 4. The lowest BCUT2D eigenvalue weighted by molar-refractivity contribution is 0.483. The number of pyridine rings is 1. The molecule has 332 valence electrons. The van der Waals surface area contributed by atoms with Crippen LogP contribution in [0.15, 0.2) is 188 Å². The van der Waals surface area contributed by atoms with Gasteiger partial charge in [0, 0.05) is 45.3 Å². The summed E-state index contributed by atoms with van der Waals surface area (Å²) in [6, 6.07) is 68.9. The minimum absolute atomic E-state index is 0.144. The lowest BCUT2D eigenvalue weighted by Crippen LogP contribution is -2.25. The Labute approximate surface area is 399 Å². The van der Waals surface area contributed by atoms with Gasteiger partial charge in [-0.3, -0.25) is 4.57 Å². The molecule has 5 nitrogen and oxygen atoms in total. The highest BCUT2D eigenvalue weighted by Crippen LogP contribution is 2.52. The molecule has 10 aromatic rings. The molecule has 10 bridgehead atoms. The largest absolute Gasteiger partial charge is 0.457 e. The average Bonchev–Trinajstić information content (AvgIpc) is 3.88. The van der Waals surface area contributed by atoms with Gasteiger partial charge in [0.2, 0.25) is 0 Å². The Hall–Kier alpha value is -7.89. The van der Waals surface area contributed by atoms with Crippen LogP contribution in [0.3, 0.4) is 0 Å². The van der Waals surface area contributed by atoms with E-state index in [1.807, 2.05) is 0 Å². The molecular weight excluding hydrogens is 829 g/mol. The first kappa shape index (κ1) is 41.5. The molecule has 12 rings (SSSR count). The van der Waals surface area contributed by atoms with Gasteiger partial charge in [0.25, 0.3) is 0 Å². The summed E-state index contributed by atoms with van der Waals surface area (Å²) < 4.78 is 9.24. The van der Waals surface area contributed by atoms with E-state index in [1.54, 1.807) is 0 Å². The maximum Gasteiger partial charge on any atom is 0.138 e. The van der Waals surface area contributed by atoms with Crippen LogP contribution in [0, 0.1) is 6.92 Å². The zero-order valence-electron chi connectivity index (χ0n) is 39.8. The molecule has 2 aliphatic rings. The molecule has 0 aliphatic carbocycles. The van der Waals surface area contributed by atoms with E-state index in [2.05, 4.69) is 251 Å². The van der Waals surface area contributed by atoms with E-state index in [1.165, 1.54) is 44.3 Å². The number of fused-ring (bicyclic) bond motifs is 23. The first-order valence-electron chi connectivity index (χ1n) is 23.8. The van der Waals surface area contributed by atoms with Gasteiger partial charge in [0.05, 0.1) is 33.8 Å². The zero-order chi connectivity index (χ0) is 46.5. The van der Waals surface area contributed by atoms with Crippen LogP contribution in [0.5, 0.6) is 11.5 Å². The van der Waals surface area contributed by atoms with Crippen LogP contribution >= 0.6 is 0 Å². The summed E-state index contributed by atoms with van der Waals surface area (Å²) in [4.78, 5) is 10.6. The van der Waals surface area contributed by atoms with Crippen molar-refractivity contribution >= 4 is 44.6 Å². The van der Waals surface area contributed by atoms with E-state index in [0.29, 0.717) is 6.67 Å². The van der Waals surface area contributed by atoms with Crippen molar-refractivity contribution in [1.29, 1.82) is 0 Å². The number of benzene rings is 8. The van der Waals surface area contributed by atoms with Gasteiger partial charge in [-0.15, -0.1) is 0 Å². The molecule has 0 amide bonds. The van der Waals surface area contributed by atoms with Crippen molar-refractivity contribution in [2.24, 2.45) is 0 Å². The third-order valence-corrected chi connectivity index (χ3v) is 13.9. The number of aromatic nitrogens is 2. The van der Waals surface area contributed by atoms with Crippen LogP contribution in [-0.4, -0.2) is 16.2 Å². The minimum Gasteiger partial charge on any atom is -0.457 e. The highest BCUT2D eigenvalue weighted by Gasteiger charge is 2.32. The van der Waals surface area contributed by atoms with Crippen LogP contribution in [0.2, 0.25) is 0 Å². The Kier molecular flexibility index (Phi) is 9.53. The topological polar surface area (TPSA) is 33.5 Å². The summed E-state index contributed by atoms with van der Waals surface area (Å²) in [7, 11) is 0. The maximum absolute atomic E-state index is 6.90. The SMILES string of the molecule is Cc1ccc2c(c1)c1ccc3cc1n2-c1cc(C(C)(C)C)cc(n1)-c1cc(cc(C(C)(C)C)c1)-c1ccccc1-c1cccc(-c2ccccc2)c1N1CN(c2cccc(c2)O3)c2ccccc21. The number of para-hydroxylation sites is 3. The summed E-state index contributed by atoms with van der Waals surface area (Å²) in [5, 5.41) is 2.35. The average molecular weight is 883 g/mol. The summed E-state index contributed by atoms with van der Waals surface area (Å²) in [6.07, 6.45) is 0. The Morgan fingerprint density at radius 2 is 1.12 bits per heavy atom. The Balaban J connectivity index is 1.19. The van der Waals surface area contributed by atoms with Crippen molar-refractivity contribution in [3.63, 3.8) is 0 Å². The fourth-order valence-corrected chi connectivity index (χ4v) is 10.3. The van der Waals surface area contributed by atoms with Crippen molar-refractivity contribution in [3.05, 3.63) is 205 Å². The first-order chi connectivity index (χ1) is 32.9. The van der Waals surface area contributed by atoms with Gasteiger partial charge >= 0.3 is 0 Å². The Morgan fingerprint density at radius 1 is 0.456 bits per heavy atom. The Bertz CT molecular complexity index is 3620. The fraction of sp³-hybridized carbons (Fsp3) is 0.159. The van der Waals surface area contributed by atoms with Gasteiger partial charge in [0.15, 0.2) is 0 Å². The van der Waals surface area contributed by atoms with Gasteiger partial charge in [-0.2, -0.15) is 0 Å². The molecule has 0 atom stereocenters.